The molecule has 1 aliphatic rings. The first-order chi connectivity index (χ1) is 26.0. The number of para-hydroxylation sites is 4. The third kappa shape index (κ3) is 4.33. The predicted molar refractivity (Wildman–Crippen MR) is 215 cm³/mol. The lowest BCUT2D eigenvalue weighted by molar-refractivity contribution is 0.660. The van der Waals surface area contributed by atoms with E-state index in [0.29, 0.717) is 17.7 Å². The van der Waals surface area contributed by atoms with Crippen LogP contribution in [0.25, 0.3) is 89.2 Å². The minimum absolute atomic E-state index is 0.234. The van der Waals surface area contributed by atoms with Crippen LogP contribution in [0.4, 0.5) is 0 Å². The average molecular weight is 681 g/mol. The molecule has 0 bridgehead atoms. The topological polar surface area (TPSA) is 61.4 Å². The molecule has 0 amide bonds. The monoisotopic (exact) mass is 680 g/mol. The quantitative estimate of drug-likeness (QED) is 0.186. The summed E-state index contributed by atoms with van der Waals surface area (Å²) in [6.07, 6.45) is 3.70. The van der Waals surface area contributed by atoms with Crippen molar-refractivity contribution < 1.29 is 0 Å². The molecule has 0 saturated heterocycles. The van der Waals surface area contributed by atoms with Crippen LogP contribution in [0.1, 0.15) is 25.0 Å². The molecule has 1 aliphatic carbocycles. The summed E-state index contributed by atoms with van der Waals surface area (Å²) in [5.41, 5.74) is 12.4. The number of hydrogen-bond acceptors (Lipinski definition) is 4. The summed E-state index contributed by atoms with van der Waals surface area (Å²) in [7, 11) is 0. The lowest BCUT2D eigenvalue weighted by Crippen LogP contribution is -2.15. The molecule has 4 heterocycles. The van der Waals surface area contributed by atoms with Gasteiger partial charge >= 0.3 is 0 Å². The molecule has 0 N–H and O–H groups in total. The zero-order chi connectivity index (χ0) is 35.3. The first kappa shape index (κ1) is 29.8. The molecule has 0 fully saturated rings. The molecular formula is C47H32N6. The van der Waals surface area contributed by atoms with Gasteiger partial charge in [-0.2, -0.15) is 15.0 Å². The highest BCUT2D eigenvalue weighted by Gasteiger charge is 2.36. The smallest absolute Gasteiger partial charge is 0.240 e. The predicted octanol–water partition coefficient (Wildman–Crippen LogP) is 11.1. The Hall–Kier alpha value is -6.92. The highest BCUT2D eigenvalue weighted by Crippen LogP contribution is 2.50. The van der Waals surface area contributed by atoms with Crippen molar-refractivity contribution in [3.8, 4) is 45.5 Å². The maximum absolute atomic E-state index is 5.32. The van der Waals surface area contributed by atoms with Crippen molar-refractivity contribution in [2.75, 3.05) is 0 Å². The number of aromatic nitrogens is 6. The van der Waals surface area contributed by atoms with Crippen molar-refractivity contribution in [3.63, 3.8) is 0 Å². The van der Waals surface area contributed by atoms with Crippen molar-refractivity contribution in [2.45, 2.75) is 19.3 Å². The molecule has 11 rings (SSSR count). The van der Waals surface area contributed by atoms with Crippen LogP contribution in [-0.4, -0.2) is 29.1 Å². The molecule has 0 atom stereocenters. The number of fused-ring (bicyclic) bond motifs is 9. The van der Waals surface area contributed by atoms with E-state index in [9.17, 15) is 0 Å². The second kappa shape index (κ2) is 11.0. The Morgan fingerprint density at radius 3 is 1.30 bits per heavy atom. The van der Waals surface area contributed by atoms with E-state index >= 15 is 0 Å². The summed E-state index contributed by atoms with van der Waals surface area (Å²) in [6, 6.07) is 51.6. The fraction of sp³-hybridized carbons (Fsp3) is 0.0638. The zero-order valence-electron chi connectivity index (χ0n) is 29.2. The minimum atomic E-state index is -0.234. The molecule has 10 aromatic rings. The Balaban J connectivity index is 1.16. The second-order valence-electron chi connectivity index (χ2n) is 14.4. The third-order valence-electron chi connectivity index (χ3n) is 11.1. The average Bonchev–Trinajstić information content (AvgIpc) is 3.81. The Morgan fingerprint density at radius 1 is 0.415 bits per heavy atom. The van der Waals surface area contributed by atoms with Crippen LogP contribution >= 0.6 is 0 Å². The summed E-state index contributed by atoms with van der Waals surface area (Å²) in [4.78, 5) is 20.2. The van der Waals surface area contributed by atoms with Gasteiger partial charge in [-0.05, 0) is 81.9 Å². The van der Waals surface area contributed by atoms with Crippen molar-refractivity contribution in [3.05, 3.63) is 169 Å². The molecule has 6 aromatic carbocycles. The van der Waals surface area contributed by atoms with Gasteiger partial charge in [0.05, 0.1) is 22.1 Å². The highest BCUT2D eigenvalue weighted by molar-refractivity contribution is 6.10. The number of hydrogen-bond donors (Lipinski definition) is 0. The second-order valence-corrected chi connectivity index (χ2v) is 14.4. The van der Waals surface area contributed by atoms with Crippen LogP contribution in [0.15, 0.2) is 158 Å². The molecule has 6 heteroatoms. The van der Waals surface area contributed by atoms with E-state index in [2.05, 4.69) is 174 Å². The summed E-state index contributed by atoms with van der Waals surface area (Å²) in [5.74, 6) is 1.78. The summed E-state index contributed by atoms with van der Waals surface area (Å²) in [6.45, 7) is 4.64. The van der Waals surface area contributed by atoms with Crippen LogP contribution in [0.3, 0.4) is 0 Å². The molecule has 4 aromatic heterocycles. The van der Waals surface area contributed by atoms with E-state index in [-0.39, 0.29) is 5.41 Å². The summed E-state index contributed by atoms with van der Waals surface area (Å²) < 4.78 is 4.36. The van der Waals surface area contributed by atoms with Gasteiger partial charge in [-0.25, -0.2) is 0 Å². The van der Waals surface area contributed by atoms with Gasteiger partial charge in [0.15, 0.2) is 5.82 Å². The molecular weight excluding hydrogens is 649 g/mol. The van der Waals surface area contributed by atoms with Gasteiger partial charge in [0.1, 0.15) is 0 Å². The third-order valence-corrected chi connectivity index (χ3v) is 11.1. The molecule has 0 spiro atoms. The largest absolute Gasteiger partial charge is 0.278 e. The van der Waals surface area contributed by atoms with Gasteiger partial charge in [0, 0.05) is 44.9 Å². The maximum Gasteiger partial charge on any atom is 0.240 e. The summed E-state index contributed by atoms with van der Waals surface area (Å²) >= 11 is 0. The highest BCUT2D eigenvalue weighted by atomic mass is 15.3. The molecule has 6 nitrogen and oxygen atoms in total. The standard InChI is InChI=1S/C47H32N6/c1-47(2)38-27-30(29-23-25-48-26-24-29)19-21-32(38)33-22-20-31(28-39(33)47)44-49-45(52-40-15-7-3-11-34(40)35-12-4-8-16-41(35)52)51-46(50-44)53-42-17-9-5-13-36(42)37-14-6-10-18-43(37)53/h3-28H,1-2H3. The Kier molecular flexibility index (Phi) is 6.20. The number of pyridine rings is 1. The fourth-order valence-corrected chi connectivity index (χ4v) is 8.56. The number of benzene rings is 6. The van der Waals surface area contributed by atoms with E-state index < -0.39 is 0 Å². The Labute approximate surface area is 305 Å². The van der Waals surface area contributed by atoms with Gasteiger partial charge in [-0.1, -0.05) is 111 Å². The maximum atomic E-state index is 5.32. The van der Waals surface area contributed by atoms with Crippen LogP contribution < -0.4 is 0 Å². The Morgan fingerprint density at radius 2 is 0.830 bits per heavy atom. The van der Waals surface area contributed by atoms with E-state index in [1.165, 1.54) is 27.8 Å². The molecule has 53 heavy (non-hydrogen) atoms. The normalized spacial score (nSPS) is 13.2. The van der Waals surface area contributed by atoms with Gasteiger partial charge in [-0.3, -0.25) is 14.1 Å². The van der Waals surface area contributed by atoms with E-state index in [1.807, 2.05) is 12.4 Å². The molecule has 250 valence electrons. The van der Waals surface area contributed by atoms with Gasteiger partial charge in [-0.15, -0.1) is 0 Å². The van der Waals surface area contributed by atoms with Crippen LogP contribution in [0.2, 0.25) is 0 Å². The Bertz CT molecular complexity index is 2860. The van der Waals surface area contributed by atoms with Crippen molar-refractivity contribution in [2.24, 2.45) is 0 Å². The molecule has 0 unspecified atom stereocenters. The SMILES string of the molecule is CC1(C)c2cc(-c3ccncc3)ccc2-c2ccc(-c3nc(-n4c5ccccc5c5ccccc54)nc(-n4c5ccccc5c5ccccc54)n3)cc21. The minimum Gasteiger partial charge on any atom is -0.278 e. The lowest BCUT2D eigenvalue weighted by Gasteiger charge is -2.22. The first-order valence-electron chi connectivity index (χ1n) is 18.0. The molecule has 0 aliphatic heterocycles. The van der Waals surface area contributed by atoms with Crippen LogP contribution in [-0.2, 0) is 5.41 Å². The first-order valence-corrected chi connectivity index (χ1v) is 18.0. The van der Waals surface area contributed by atoms with Crippen molar-refractivity contribution in [1.82, 2.24) is 29.1 Å². The van der Waals surface area contributed by atoms with Gasteiger partial charge < -0.3 is 0 Å². The summed E-state index contributed by atoms with van der Waals surface area (Å²) in [5, 5.41) is 4.64. The van der Waals surface area contributed by atoms with E-state index in [0.717, 1.165) is 54.7 Å². The van der Waals surface area contributed by atoms with Gasteiger partial charge in [0.25, 0.3) is 0 Å². The fourth-order valence-electron chi connectivity index (χ4n) is 8.56. The van der Waals surface area contributed by atoms with Crippen LogP contribution in [0, 0.1) is 0 Å². The number of nitrogens with zero attached hydrogens (tertiary/aromatic N) is 6. The van der Waals surface area contributed by atoms with Crippen molar-refractivity contribution in [1.29, 1.82) is 0 Å². The van der Waals surface area contributed by atoms with Gasteiger partial charge in [0.2, 0.25) is 11.9 Å². The van der Waals surface area contributed by atoms with Crippen LogP contribution in [0.5, 0.6) is 0 Å². The molecule has 0 saturated carbocycles. The lowest BCUT2D eigenvalue weighted by atomic mass is 9.81. The van der Waals surface area contributed by atoms with E-state index in [1.54, 1.807) is 0 Å². The molecule has 0 radical (unpaired) electrons. The van der Waals surface area contributed by atoms with Crippen molar-refractivity contribution >= 4 is 43.6 Å². The number of rotatable bonds is 4. The zero-order valence-corrected chi connectivity index (χ0v) is 29.2. The van der Waals surface area contributed by atoms with E-state index in [4.69, 9.17) is 15.0 Å².